The summed E-state index contributed by atoms with van der Waals surface area (Å²) < 4.78 is 33.6. The van der Waals surface area contributed by atoms with Crippen LogP contribution in [0.15, 0.2) is 12.7 Å². The van der Waals surface area contributed by atoms with E-state index >= 15 is 0 Å². The van der Waals surface area contributed by atoms with Gasteiger partial charge in [-0.05, 0) is 72.1 Å². The molecule has 1 atom stereocenters. The van der Waals surface area contributed by atoms with Gasteiger partial charge in [0.2, 0.25) is 7.44 Å². The van der Waals surface area contributed by atoms with E-state index in [1.54, 1.807) is 38.6 Å². The molecule has 2 aromatic rings. The van der Waals surface area contributed by atoms with Gasteiger partial charge in [0.15, 0.2) is 11.5 Å². The summed E-state index contributed by atoms with van der Waals surface area (Å²) in [6, 6.07) is 0. The van der Waals surface area contributed by atoms with Gasteiger partial charge in [0, 0.05) is 0 Å². The molecule has 2 aliphatic rings. The minimum absolute atomic E-state index is 0.152. The number of fused-ring (bicyclic) bond motifs is 1. The van der Waals surface area contributed by atoms with Crippen molar-refractivity contribution >= 4 is 36.4 Å². The number of nitrogens with two attached hydrogens (primary N) is 1. The van der Waals surface area contributed by atoms with Crippen LogP contribution in [0.4, 0.5) is 5.82 Å². The molecule has 228 valence electrons. The molecular weight excluding hydrogens is 549 g/mol. The maximum atomic E-state index is 14.4. The average Bonchev–Trinajstić information content (AvgIpc) is 3.24. The second-order valence-corrected chi connectivity index (χ2v) is 15.0. The molecule has 0 aliphatic heterocycles. The molecule has 2 heterocycles. The molecule has 2 aromatic heterocycles. The summed E-state index contributed by atoms with van der Waals surface area (Å²) in [5.41, 5.74) is 4.27. The molecule has 2 saturated carbocycles. The van der Waals surface area contributed by atoms with E-state index in [1.165, 1.54) is 6.33 Å². The van der Waals surface area contributed by atoms with Crippen LogP contribution in [0, 0.1) is 11.8 Å². The highest BCUT2D eigenvalue weighted by molar-refractivity contribution is 7.59. The maximum absolute atomic E-state index is 14.4. The van der Waals surface area contributed by atoms with E-state index < -0.39 is 36.6 Å². The van der Waals surface area contributed by atoms with Crippen LogP contribution >= 0.6 is 7.44 Å². The Kier molecular flexibility index (Phi) is 9.13. The lowest BCUT2D eigenvalue weighted by Gasteiger charge is -2.39. The number of nitrogens with one attached hydrogen (secondary N) is 2. The van der Waals surface area contributed by atoms with E-state index in [9.17, 15) is 14.2 Å². The van der Waals surface area contributed by atoms with Gasteiger partial charge >= 0.3 is 11.9 Å². The van der Waals surface area contributed by atoms with Crippen molar-refractivity contribution in [3.05, 3.63) is 12.7 Å². The van der Waals surface area contributed by atoms with Gasteiger partial charge < -0.3 is 24.5 Å². The van der Waals surface area contributed by atoms with Crippen LogP contribution in [0.25, 0.3) is 11.2 Å². The average molecular weight is 594 g/mol. The number of anilines is 1. The fraction of sp³-hybridized carbons (Fsp3) is 0.741. The van der Waals surface area contributed by atoms with Gasteiger partial charge in [0.1, 0.15) is 41.5 Å². The third-order valence-electron chi connectivity index (χ3n) is 7.57. The molecule has 4 rings (SSSR count). The molecule has 0 radical (unpaired) electrons. The molecule has 0 aromatic carbocycles. The topological polar surface area (TPSA) is 173 Å². The van der Waals surface area contributed by atoms with Crippen LogP contribution in [0.1, 0.15) is 74.1 Å². The zero-order chi connectivity index (χ0) is 30.2. The van der Waals surface area contributed by atoms with Crippen molar-refractivity contribution in [2.24, 2.45) is 11.8 Å². The highest BCUT2D eigenvalue weighted by Gasteiger charge is 2.45. The number of ether oxygens (including phenoxy) is 3. The van der Waals surface area contributed by atoms with Crippen molar-refractivity contribution in [3.8, 4) is 0 Å². The Morgan fingerprint density at radius 1 is 1.00 bits per heavy atom. The Balaban J connectivity index is 1.46. The van der Waals surface area contributed by atoms with Crippen LogP contribution in [0.3, 0.4) is 0 Å². The molecule has 2 aliphatic carbocycles. The van der Waals surface area contributed by atoms with Gasteiger partial charge in [0.25, 0.3) is 0 Å². The molecule has 0 saturated heterocycles. The fourth-order valence-corrected chi connectivity index (χ4v) is 7.77. The summed E-state index contributed by atoms with van der Waals surface area (Å²) in [7, 11) is -3.76. The van der Waals surface area contributed by atoms with Crippen molar-refractivity contribution in [2.75, 3.05) is 12.1 Å². The lowest BCUT2D eigenvalue weighted by Crippen LogP contribution is -2.55. The Hall–Kier alpha value is -2.60. The van der Waals surface area contributed by atoms with Crippen molar-refractivity contribution < 1.29 is 28.4 Å². The van der Waals surface area contributed by atoms with Gasteiger partial charge in [-0.1, -0.05) is 13.8 Å². The number of rotatable bonds is 13. The zero-order valence-corrected chi connectivity index (χ0v) is 25.9. The first-order valence-electron chi connectivity index (χ1n) is 14.2. The van der Waals surface area contributed by atoms with Gasteiger partial charge in [-0.15, -0.1) is 0 Å². The van der Waals surface area contributed by atoms with Gasteiger partial charge in [0.05, 0.1) is 19.0 Å². The Morgan fingerprint density at radius 3 is 2.00 bits per heavy atom. The molecule has 0 spiro atoms. The van der Waals surface area contributed by atoms with E-state index in [0.717, 1.165) is 25.7 Å². The van der Waals surface area contributed by atoms with Crippen LogP contribution in [0.2, 0.25) is 0 Å². The van der Waals surface area contributed by atoms with Gasteiger partial charge in [-0.3, -0.25) is 14.2 Å². The van der Waals surface area contributed by atoms with Crippen LogP contribution < -0.4 is 15.9 Å². The fourth-order valence-electron chi connectivity index (χ4n) is 5.13. The summed E-state index contributed by atoms with van der Waals surface area (Å²) in [4.78, 5) is 38.6. The minimum Gasteiger partial charge on any atom is -0.461 e. The second-order valence-electron chi connectivity index (χ2n) is 12.9. The first-order chi connectivity index (χ1) is 19.1. The maximum Gasteiger partial charge on any atom is 0.326 e. The number of hydrogen-bond donors (Lipinski definition) is 3. The molecule has 4 N–H and O–H groups in total. The zero-order valence-electron chi connectivity index (χ0n) is 25.0. The lowest BCUT2D eigenvalue weighted by atomic mass is 9.84. The smallest absolute Gasteiger partial charge is 0.326 e. The Morgan fingerprint density at radius 2 is 1.51 bits per heavy atom. The molecule has 0 bridgehead atoms. The van der Waals surface area contributed by atoms with Gasteiger partial charge in [-0.2, -0.15) is 0 Å². The number of carbonyl (C=O) groups is 2. The number of esters is 2. The standard InChI is InChI=1S/C27H44N7O6P/c1-16-8-19(9-16)39-24(35)26(4,5)32-41(37,33-27(6,7)25(36)40-20-10-17(2)11-20)15-38-18(3)12-34-14-31-21-22(28)29-13-30-23(21)34/h13-14,16-20H,8-12,15H2,1-7H3,(H2,28,29,30)(H2,32,33,37)/t16?,17?,18-,19?,20?,41?/m1/s1. The SMILES string of the molecule is CC1CC(OC(=O)C(C)(C)NP(=O)(CO[C@H](C)Cn2cnc3c(N)ncnc32)NC(C)(C)C(=O)OC2CC(C)C2)C1. The normalized spacial score (nSPS) is 25.0. The van der Waals surface area contributed by atoms with Crippen molar-refractivity contribution in [3.63, 3.8) is 0 Å². The summed E-state index contributed by atoms with van der Waals surface area (Å²) in [6.45, 7) is 12.8. The third kappa shape index (κ3) is 7.63. The van der Waals surface area contributed by atoms with E-state index in [-0.39, 0.29) is 24.4 Å². The van der Waals surface area contributed by atoms with E-state index in [1.807, 2.05) is 6.92 Å². The van der Waals surface area contributed by atoms with Crippen LogP contribution in [-0.4, -0.2) is 67.2 Å². The Labute approximate surface area is 241 Å². The molecule has 2 fully saturated rings. The number of imidazole rings is 1. The quantitative estimate of drug-likeness (QED) is 0.229. The van der Waals surface area contributed by atoms with Crippen molar-refractivity contribution in [1.29, 1.82) is 0 Å². The lowest BCUT2D eigenvalue weighted by molar-refractivity contribution is -0.161. The van der Waals surface area contributed by atoms with E-state index in [2.05, 4.69) is 39.0 Å². The highest BCUT2D eigenvalue weighted by Crippen LogP contribution is 2.43. The monoisotopic (exact) mass is 593 g/mol. The summed E-state index contributed by atoms with van der Waals surface area (Å²) in [6.07, 6.45) is 5.10. The van der Waals surface area contributed by atoms with Crippen molar-refractivity contribution in [2.45, 2.75) is 110 Å². The van der Waals surface area contributed by atoms with E-state index in [4.69, 9.17) is 19.9 Å². The molecule has 13 nitrogen and oxygen atoms in total. The first-order valence-corrected chi connectivity index (χ1v) is 16.1. The molecule has 0 unspecified atom stereocenters. The predicted molar refractivity (Wildman–Crippen MR) is 154 cm³/mol. The number of aromatic nitrogens is 4. The van der Waals surface area contributed by atoms with E-state index in [0.29, 0.717) is 29.5 Å². The van der Waals surface area contributed by atoms with Crippen LogP contribution in [0.5, 0.6) is 0 Å². The molecule has 0 amide bonds. The van der Waals surface area contributed by atoms with Crippen molar-refractivity contribution in [1.82, 2.24) is 29.7 Å². The largest absolute Gasteiger partial charge is 0.461 e. The summed E-state index contributed by atoms with van der Waals surface area (Å²) in [5, 5.41) is 5.93. The number of hydrogen-bond acceptors (Lipinski definition) is 10. The number of carbonyl (C=O) groups excluding carboxylic acids is 2. The predicted octanol–water partition coefficient (Wildman–Crippen LogP) is 3.38. The Bertz CT molecular complexity index is 1250. The molecule has 14 heteroatoms. The first kappa shape index (κ1) is 31.3. The second kappa shape index (κ2) is 11.9. The molecular formula is C27H44N7O6P. The van der Waals surface area contributed by atoms with Gasteiger partial charge in [-0.25, -0.2) is 25.1 Å². The molecule has 41 heavy (non-hydrogen) atoms. The number of nitrogens with zero attached hydrogens (tertiary/aromatic N) is 4. The third-order valence-corrected chi connectivity index (χ3v) is 9.93. The van der Waals surface area contributed by atoms with Crippen LogP contribution in [-0.2, 0) is 34.9 Å². The summed E-state index contributed by atoms with van der Waals surface area (Å²) in [5.74, 6) is 0.252. The highest BCUT2D eigenvalue weighted by atomic mass is 31.2. The number of nitrogen functional groups attached to an aromatic ring is 1. The summed E-state index contributed by atoms with van der Waals surface area (Å²) >= 11 is 0. The minimum atomic E-state index is -3.76.